The maximum Gasteiger partial charge on any atom is 0.117 e. The minimum Gasteiger partial charge on any atom is -0.388 e. The van der Waals surface area contributed by atoms with Gasteiger partial charge in [-0.05, 0) is 6.92 Å². The quantitative estimate of drug-likeness (QED) is 0.472. The molecule has 2 heterocycles. The van der Waals surface area contributed by atoms with Gasteiger partial charge in [-0.2, -0.15) is 0 Å². The van der Waals surface area contributed by atoms with Crippen molar-refractivity contribution < 1.29 is 19.7 Å². The Hall–Kier alpha value is -0.160. The van der Waals surface area contributed by atoms with Gasteiger partial charge in [-0.1, -0.05) is 0 Å². The third-order valence-electron chi connectivity index (χ3n) is 2.31. The molecule has 2 aliphatic heterocycles. The summed E-state index contributed by atoms with van der Waals surface area (Å²) in [6.45, 7) is 2.18. The van der Waals surface area contributed by atoms with E-state index in [1.807, 2.05) is 0 Å². The lowest BCUT2D eigenvalue weighted by Crippen LogP contribution is -2.40. The highest BCUT2D eigenvalue weighted by Gasteiger charge is 2.53. The molecule has 4 nitrogen and oxygen atoms in total. The summed E-state index contributed by atoms with van der Waals surface area (Å²) in [5, 5.41) is 18.9. The molecule has 4 atom stereocenters. The van der Waals surface area contributed by atoms with E-state index in [4.69, 9.17) is 9.47 Å². The van der Waals surface area contributed by atoms with Crippen LogP contribution in [0.25, 0.3) is 0 Å². The molecule has 0 aromatic heterocycles. The van der Waals surface area contributed by atoms with Crippen molar-refractivity contribution in [2.45, 2.75) is 30.8 Å². The minimum absolute atomic E-state index is 0.249. The molecule has 2 aliphatic rings. The van der Waals surface area contributed by atoms with Crippen LogP contribution < -0.4 is 0 Å². The first-order valence-corrected chi connectivity index (χ1v) is 3.75. The molecule has 2 fully saturated rings. The van der Waals surface area contributed by atoms with Crippen LogP contribution in [-0.4, -0.2) is 47.3 Å². The predicted octanol–water partition coefficient (Wildman–Crippen LogP) is -1.10. The largest absolute Gasteiger partial charge is 0.388 e. The lowest BCUT2D eigenvalue weighted by atomic mass is 9.99. The van der Waals surface area contributed by atoms with Crippen LogP contribution in [0.3, 0.4) is 0 Å². The van der Waals surface area contributed by atoms with E-state index in [0.717, 1.165) is 0 Å². The third kappa shape index (κ3) is 0.980. The zero-order valence-electron chi connectivity index (χ0n) is 6.36. The van der Waals surface area contributed by atoms with Crippen molar-refractivity contribution >= 4 is 0 Å². The summed E-state index contributed by atoms with van der Waals surface area (Å²) in [5.41, 5.74) is -0.928. The second-order valence-electron chi connectivity index (χ2n) is 3.45. The van der Waals surface area contributed by atoms with Crippen LogP contribution in [0.5, 0.6) is 0 Å². The van der Waals surface area contributed by atoms with E-state index >= 15 is 0 Å². The molecule has 0 radical (unpaired) electrons. The van der Waals surface area contributed by atoms with Crippen molar-refractivity contribution in [2.75, 3.05) is 13.2 Å². The van der Waals surface area contributed by atoms with Crippen LogP contribution in [-0.2, 0) is 9.47 Å². The van der Waals surface area contributed by atoms with E-state index in [9.17, 15) is 10.2 Å². The van der Waals surface area contributed by atoms with Crippen molar-refractivity contribution in [1.82, 2.24) is 0 Å². The highest BCUT2D eigenvalue weighted by Crippen LogP contribution is 2.33. The van der Waals surface area contributed by atoms with Gasteiger partial charge in [0, 0.05) is 0 Å². The van der Waals surface area contributed by atoms with Crippen molar-refractivity contribution in [3.05, 3.63) is 0 Å². The van der Waals surface area contributed by atoms with Crippen LogP contribution in [0, 0.1) is 0 Å². The van der Waals surface area contributed by atoms with E-state index in [1.165, 1.54) is 0 Å². The summed E-state index contributed by atoms with van der Waals surface area (Å²) < 4.78 is 10.4. The fraction of sp³-hybridized carbons (Fsp3) is 1.00. The SMILES string of the molecule is CC1(O)COC2C(O)COC21. The van der Waals surface area contributed by atoms with E-state index in [1.54, 1.807) is 6.92 Å². The summed E-state index contributed by atoms with van der Waals surface area (Å²) in [7, 11) is 0. The number of aliphatic hydroxyl groups excluding tert-OH is 1. The molecular weight excluding hydrogens is 148 g/mol. The Morgan fingerprint density at radius 3 is 2.82 bits per heavy atom. The Balaban J connectivity index is 2.17. The Morgan fingerprint density at radius 1 is 1.45 bits per heavy atom. The lowest BCUT2D eigenvalue weighted by molar-refractivity contribution is -0.0568. The number of rotatable bonds is 0. The average molecular weight is 160 g/mol. The highest BCUT2D eigenvalue weighted by atomic mass is 16.6. The van der Waals surface area contributed by atoms with Gasteiger partial charge in [-0.3, -0.25) is 0 Å². The molecule has 64 valence electrons. The van der Waals surface area contributed by atoms with Gasteiger partial charge in [0.25, 0.3) is 0 Å². The van der Waals surface area contributed by atoms with Crippen LogP contribution in [0.1, 0.15) is 6.92 Å². The van der Waals surface area contributed by atoms with Gasteiger partial charge in [0.1, 0.15) is 23.9 Å². The van der Waals surface area contributed by atoms with Crippen molar-refractivity contribution in [1.29, 1.82) is 0 Å². The predicted molar refractivity (Wildman–Crippen MR) is 36.1 cm³/mol. The van der Waals surface area contributed by atoms with Crippen LogP contribution >= 0.6 is 0 Å². The van der Waals surface area contributed by atoms with Crippen LogP contribution in [0.15, 0.2) is 0 Å². The van der Waals surface area contributed by atoms with Gasteiger partial charge < -0.3 is 19.7 Å². The molecule has 0 amide bonds. The molecule has 0 bridgehead atoms. The molecule has 4 unspecified atom stereocenters. The Morgan fingerprint density at radius 2 is 2.18 bits per heavy atom. The second-order valence-corrected chi connectivity index (χ2v) is 3.45. The summed E-state index contributed by atoms with van der Waals surface area (Å²) in [5.74, 6) is 0. The Kier molecular flexibility index (Phi) is 1.47. The van der Waals surface area contributed by atoms with Crippen molar-refractivity contribution in [2.24, 2.45) is 0 Å². The lowest BCUT2D eigenvalue weighted by Gasteiger charge is -2.20. The van der Waals surface area contributed by atoms with Gasteiger partial charge in [-0.25, -0.2) is 0 Å². The Bertz CT molecular complexity index is 168. The monoisotopic (exact) mass is 160 g/mol. The zero-order valence-corrected chi connectivity index (χ0v) is 6.36. The van der Waals surface area contributed by atoms with Crippen LogP contribution in [0.2, 0.25) is 0 Å². The Labute approximate surface area is 64.7 Å². The maximum absolute atomic E-state index is 9.62. The number of hydrogen-bond acceptors (Lipinski definition) is 4. The average Bonchev–Trinajstić information content (AvgIpc) is 2.39. The fourth-order valence-corrected chi connectivity index (χ4v) is 1.67. The first kappa shape index (κ1) is 7.49. The summed E-state index contributed by atoms with van der Waals surface area (Å²) >= 11 is 0. The molecule has 2 N–H and O–H groups in total. The zero-order chi connectivity index (χ0) is 8.06. The first-order chi connectivity index (χ1) is 5.11. The molecular formula is C7H12O4. The normalized spacial score (nSPS) is 56.5. The van der Waals surface area contributed by atoms with Gasteiger partial charge >= 0.3 is 0 Å². The second kappa shape index (κ2) is 2.17. The summed E-state index contributed by atoms with van der Waals surface area (Å²) in [4.78, 5) is 0. The molecule has 11 heavy (non-hydrogen) atoms. The molecule has 0 aromatic carbocycles. The van der Waals surface area contributed by atoms with Crippen molar-refractivity contribution in [3.8, 4) is 0 Å². The third-order valence-corrected chi connectivity index (χ3v) is 2.31. The number of aliphatic hydroxyl groups is 2. The molecule has 4 heteroatoms. The highest BCUT2D eigenvalue weighted by molar-refractivity contribution is 5.01. The molecule has 2 saturated heterocycles. The van der Waals surface area contributed by atoms with Gasteiger partial charge in [-0.15, -0.1) is 0 Å². The number of hydrogen-bond donors (Lipinski definition) is 2. The van der Waals surface area contributed by atoms with E-state index < -0.39 is 11.7 Å². The minimum atomic E-state index is -0.928. The van der Waals surface area contributed by atoms with E-state index in [0.29, 0.717) is 0 Å². The molecule has 0 aliphatic carbocycles. The van der Waals surface area contributed by atoms with E-state index in [2.05, 4.69) is 0 Å². The van der Waals surface area contributed by atoms with Gasteiger partial charge in [0.2, 0.25) is 0 Å². The van der Waals surface area contributed by atoms with Gasteiger partial charge in [0.05, 0.1) is 13.2 Å². The maximum atomic E-state index is 9.62. The topological polar surface area (TPSA) is 58.9 Å². The van der Waals surface area contributed by atoms with Crippen LogP contribution in [0.4, 0.5) is 0 Å². The number of fused-ring (bicyclic) bond motifs is 1. The summed E-state index contributed by atoms with van der Waals surface area (Å²) in [6, 6.07) is 0. The number of ether oxygens (including phenoxy) is 2. The van der Waals surface area contributed by atoms with Gasteiger partial charge in [0.15, 0.2) is 0 Å². The fourth-order valence-electron chi connectivity index (χ4n) is 1.67. The smallest absolute Gasteiger partial charge is 0.117 e. The molecule has 0 spiro atoms. The molecule has 2 rings (SSSR count). The molecule has 0 saturated carbocycles. The van der Waals surface area contributed by atoms with E-state index in [-0.39, 0.29) is 25.4 Å². The standard InChI is InChI=1S/C7H12O4/c1-7(9)3-11-5-4(8)2-10-6(5)7/h4-6,8-9H,2-3H2,1H3. The molecule has 0 aromatic rings. The van der Waals surface area contributed by atoms with Crippen molar-refractivity contribution in [3.63, 3.8) is 0 Å². The summed E-state index contributed by atoms with van der Waals surface area (Å²) in [6.07, 6.45) is -1.25. The first-order valence-electron chi connectivity index (χ1n) is 3.75.